The molecule has 0 unspecified atom stereocenters. The zero-order chi connectivity index (χ0) is 17.6. The van der Waals surface area contributed by atoms with Gasteiger partial charge in [-0.2, -0.15) is 0 Å². The van der Waals surface area contributed by atoms with Gasteiger partial charge in [0.2, 0.25) is 0 Å². The number of anilines is 3. The normalized spacial score (nSPS) is 10.2. The number of rotatable bonds is 5. The minimum absolute atomic E-state index is 0.317. The maximum Gasteiger partial charge on any atom is 0.260 e. The van der Waals surface area contributed by atoms with E-state index in [2.05, 4.69) is 20.8 Å². The molecule has 2 N–H and O–H groups in total. The third-order valence-corrected chi connectivity index (χ3v) is 3.59. The van der Waals surface area contributed by atoms with Crippen LogP contribution in [-0.2, 0) is 0 Å². The van der Waals surface area contributed by atoms with E-state index in [1.807, 2.05) is 12.1 Å². The molecular weight excluding hydrogens is 340 g/mol. The van der Waals surface area contributed by atoms with Crippen LogP contribution in [0.4, 0.5) is 17.3 Å². The first-order valence-corrected chi connectivity index (χ1v) is 7.84. The summed E-state index contributed by atoms with van der Waals surface area (Å²) in [6.07, 6.45) is 0. The Hall–Kier alpha value is -3.12. The molecule has 0 atom stereocenters. The van der Waals surface area contributed by atoms with Crippen molar-refractivity contribution < 1.29 is 9.53 Å². The van der Waals surface area contributed by atoms with Crippen LogP contribution in [0, 0.1) is 0 Å². The zero-order valence-corrected chi connectivity index (χ0v) is 14.1. The third-order valence-electron chi connectivity index (χ3n) is 3.35. The average molecular weight is 355 g/mol. The quantitative estimate of drug-likeness (QED) is 0.720. The summed E-state index contributed by atoms with van der Waals surface area (Å²) in [6.45, 7) is 0. The molecule has 0 fully saturated rings. The Bertz CT molecular complexity index is 884. The highest BCUT2D eigenvalue weighted by atomic mass is 35.5. The number of nitrogens with zero attached hydrogens (tertiary/aromatic N) is 2. The maximum absolute atomic E-state index is 12.3. The second kappa shape index (κ2) is 7.63. The number of ether oxygens (including phenoxy) is 1. The van der Waals surface area contributed by atoms with Gasteiger partial charge in [-0.25, -0.2) is 0 Å². The number of carbonyl (C=O) groups is 1. The molecule has 0 saturated carbocycles. The van der Waals surface area contributed by atoms with Crippen LogP contribution in [-0.4, -0.2) is 23.2 Å². The standard InChI is InChI=1S/C18H15ClN4O2/c1-25-15-8-3-2-7-14(15)18(24)21-17-10-9-16(22-23-17)20-13-6-4-5-12(19)11-13/h2-11H,1H3,(H,20,22)(H,21,23,24). The first-order valence-electron chi connectivity index (χ1n) is 7.46. The molecule has 0 spiro atoms. The van der Waals surface area contributed by atoms with Gasteiger partial charge in [0.15, 0.2) is 11.6 Å². The number of benzene rings is 2. The van der Waals surface area contributed by atoms with E-state index in [1.165, 1.54) is 7.11 Å². The van der Waals surface area contributed by atoms with Crippen molar-refractivity contribution in [2.24, 2.45) is 0 Å². The van der Waals surface area contributed by atoms with Gasteiger partial charge in [0.1, 0.15) is 5.75 Å². The van der Waals surface area contributed by atoms with Gasteiger partial charge in [-0.15, -0.1) is 10.2 Å². The maximum atomic E-state index is 12.3. The molecule has 1 heterocycles. The van der Waals surface area contributed by atoms with E-state index in [9.17, 15) is 4.79 Å². The van der Waals surface area contributed by atoms with Gasteiger partial charge < -0.3 is 15.4 Å². The van der Waals surface area contributed by atoms with Crippen molar-refractivity contribution in [2.45, 2.75) is 0 Å². The average Bonchev–Trinajstić information content (AvgIpc) is 2.63. The van der Waals surface area contributed by atoms with Gasteiger partial charge in [0, 0.05) is 10.7 Å². The number of para-hydroxylation sites is 1. The fourth-order valence-corrected chi connectivity index (χ4v) is 2.39. The van der Waals surface area contributed by atoms with Crippen LogP contribution in [0.2, 0.25) is 5.02 Å². The van der Waals surface area contributed by atoms with Crippen LogP contribution >= 0.6 is 11.6 Å². The van der Waals surface area contributed by atoms with Crippen molar-refractivity contribution in [3.8, 4) is 5.75 Å². The summed E-state index contributed by atoms with van der Waals surface area (Å²) >= 11 is 5.94. The minimum atomic E-state index is -0.317. The fraction of sp³-hybridized carbons (Fsp3) is 0.0556. The minimum Gasteiger partial charge on any atom is -0.496 e. The number of amides is 1. The molecule has 0 aliphatic rings. The van der Waals surface area contributed by atoms with Crippen molar-refractivity contribution >= 4 is 34.8 Å². The van der Waals surface area contributed by atoms with E-state index in [0.29, 0.717) is 28.0 Å². The lowest BCUT2D eigenvalue weighted by Gasteiger charge is -2.09. The summed E-state index contributed by atoms with van der Waals surface area (Å²) in [4.78, 5) is 12.3. The van der Waals surface area contributed by atoms with E-state index < -0.39 is 0 Å². The molecule has 25 heavy (non-hydrogen) atoms. The molecule has 1 aromatic heterocycles. The summed E-state index contributed by atoms with van der Waals surface area (Å²) in [5.74, 6) is 1.06. The Morgan fingerprint density at radius 2 is 1.76 bits per heavy atom. The molecule has 0 aliphatic carbocycles. The molecule has 1 amide bonds. The Kier molecular flexibility index (Phi) is 5.11. The van der Waals surface area contributed by atoms with Crippen molar-refractivity contribution in [1.29, 1.82) is 0 Å². The van der Waals surface area contributed by atoms with Crippen LogP contribution in [0.25, 0.3) is 0 Å². The SMILES string of the molecule is COc1ccccc1C(=O)Nc1ccc(Nc2cccc(Cl)c2)nn1. The second-order valence-electron chi connectivity index (χ2n) is 5.09. The Balaban J connectivity index is 1.69. The summed E-state index contributed by atoms with van der Waals surface area (Å²) in [5, 5.41) is 14.4. The van der Waals surface area contributed by atoms with E-state index in [1.54, 1.807) is 48.5 Å². The number of methoxy groups -OCH3 is 1. The first-order chi connectivity index (χ1) is 12.2. The zero-order valence-electron chi connectivity index (χ0n) is 13.4. The summed E-state index contributed by atoms with van der Waals surface area (Å²) in [5.41, 5.74) is 1.22. The van der Waals surface area contributed by atoms with Crippen LogP contribution in [0.15, 0.2) is 60.7 Å². The van der Waals surface area contributed by atoms with Gasteiger partial charge in [0.25, 0.3) is 5.91 Å². The summed E-state index contributed by atoms with van der Waals surface area (Å²) in [6, 6.07) is 17.6. The first kappa shape index (κ1) is 16.7. The van der Waals surface area contributed by atoms with Gasteiger partial charge in [-0.05, 0) is 42.5 Å². The second-order valence-corrected chi connectivity index (χ2v) is 5.53. The van der Waals surface area contributed by atoms with Crippen LogP contribution < -0.4 is 15.4 Å². The highest BCUT2D eigenvalue weighted by Gasteiger charge is 2.12. The number of hydrogen-bond donors (Lipinski definition) is 2. The number of halogens is 1. The molecule has 0 aliphatic heterocycles. The van der Waals surface area contributed by atoms with E-state index in [-0.39, 0.29) is 5.91 Å². The Morgan fingerprint density at radius 1 is 1.00 bits per heavy atom. The molecule has 3 rings (SSSR count). The van der Waals surface area contributed by atoms with Crippen molar-refractivity contribution in [2.75, 3.05) is 17.7 Å². The van der Waals surface area contributed by atoms with Gasteiger partial charge >= 0.3 is 0 Å². The van der Waals surface area contributed by atoms with Gasteiger partial charge in [-0.1, -0.05) is 29.8 Å². The van der Waals surface area contributed by atoms with Crippen LogP contribution in [0.1, 0.15) is 10.4 Å². The Morgan fingerprint density at radius 3 is 2.48 bits per heavy atom. The number of nitrogens with one attached hydrogen (secondary N) is 2. The topological polar surface area (TPSA) is 76.1 Å². The lowest BCUT2D eigenvalue weighted by atomic mass is 10.2. The summed E-state index contributed by atoms with van der Waals surface area (Å²) < 4.78 is 5.18. The van der Waals surface area contributed by atoms with E-state index in [4.69, 9.17) is 16.3 Å². The lowest BCUT2D eigenvalue weighted by Crippen LogP contribution is -2.14. The van der Waals surface area contributed by atoms with Gasteiger partial charge in [-0.3, -0.25) is 4.79 Å². The predicted octanol–water partition coefficient (Wildman–Crippen LogP) is 4.13. The molecule has 2 aromatic carbocycles. The smallest absolute Gasteiger partial charge is 0.260 e. The third kappa shape index (κ3) is 4.24. The van der Waals surface area contributed by atoms with Crippen LogP contribution in [0.5, 0.6) is 5.75 Å². The van der Waals surface area contributed by atoms with E-state index in [0.717, 1.165) is 5.69 Å². The number of hydrogen-bond acceptors (Lipinski definition) is 5. The van der Waals surface area contributed by atoms with Crippen molar-refractivity contribution in [1.82, 2.24) is 10.2 Å². The molecule has 0 saturated heterocycles. The summed E-state index contributed by atoms with van der Waals surface area (Å²) in [7, 11) is 1.52. The highest BCUT2D eigenvalue weighted by molar-refractivity contribution is 6.30. The Labute approximate surface area is 149 Å². The number of carbonyl (C=O) groups excluding carboxylic acids is 1. The largest absolute Gasteiger partial charge is 0.496 e. The molecule has 3 aromatic rings. The molecule has 0 radical (unpaired) electrons. The highest BCUT2D eigenvalue weighted by Crippen LogP contribution is 2.20. The molecule has 6 nitrogen and oxygen atoms in total. The molecule has 7 heteroatoms. The van der Waals surface area contributed by atoms with E-state index >= 15 is 0 Å². The fourth-order valence-electron chi connectivity index (χ4n) is 2.20. The van der Waals surface area contributed by atoms with Crippen LogP contribution in [0.3, 0.4) is 0 Å². The predicted molar refractivity (Wildman–Crippen MR) is 97.7 cm³/mol. The van der Waals surface area contributed by atoms with Crippen molar-refractivity contribution in [3.05, 3.63) is 71.2 Å². The molecular formula is C18H15ClN4O2. The van der Waals surface area contributed by atoms with Gasteiger partial charge in [0.05, 0.1) is 12.7 Å². The number of aromatic nitrogens is 2. The monoisotopic (exact) mass is 354 g/mol. The lowest BCUT2D eigenvalue weighted by molar-refractivity contribution is 0.102. The molecule has 0 bridgehead atoms. The molecule has 126 valence electrons. The van der Waals surface area contributed by atoms with Crippen molar-refractivity contribution in [3.63, 3.8) is 0 Å².